The number of rotatable bonds is 3. The Labute approximate surface area is 104 Å². The first kappa shape index (κ1) is 13.2. The third-order valence-corrected chi connectivity index (χ3v) is 3.21. The average Bonchev–Trinajstić information content (AvgIpc) is 2.26. The van der Waals surface area contributed by atoms with Gasteiger partial charge in [0.15, 0.2) is 5.69 Å². The lowest BCUT2D eigenvalue weighted by Gasteiger charge is -2.11. The van der Waals surface area contributed by atoms with Crippen LogP contribution in [0, 0.1) is 3.57 Å². The van der Waals surface area contributed by atoms with Gasteiger partial charge in [-0.15, -0.1) is 0 Å². The van der Waals surface area contributed by atoms with Gasteiger partial charge in [-0.1, -0.05) is 0 Å². The first-order chi connectivity index (χ1) is 7.52. The van der Waals surface area contributed by atoms with Gasteiger partial charge in [0.2, 0.25) is 0 Å². The van der Waals surface area contributed by atoms with Gasteiger partial charge in [0, 0.05) is 16.3 Å². The lowest BCUT2D eigenvalue weighted by Crippen LogP contribution is -2.13. The highest BCUT2D eigenvalue weighted by molar-refractivity contribution is 14.1. The van der Waals surface area contributed by atoms with Crippen molar-refractivity contribution in [3.63, 3.8) is 0 Å². The van der Waals surface area contributed by atoms with Gasteiger partial charge in [0.1, 0.15) is 0 Å². The molecular formula is C9H9F2IN2O2. The van der Waals surface area contributed by atoms with Crippen molar-refractivity contribution in [2.24, 2.45) is 5.73 Å². The smallest absolute Gasteiger partial charge is 0.357 e. The van der Waals surface area contributed by atoms with E-state index in [0.717, 1.165) is 7.11 Å². The van der Waals surface area contributed by atoms with E-state index in [0.29, 0.717) is 5.56 Å². The van der Waals surface area contributed by atoms with Gasteiger partial charge in [0.25, 0.3) is 6.43 Å². The zero-order valence-corrected chi connectivity index (χ0v) is 10.5. The number of methoxy groups -OCH3 is 1. The second-order valence-corrected chi connectivity index (χ2v) is 3.93. The zero-order chi connectivity index (χ0) is 12.3. The van der Waals surface area contributed by atoms with Crippen LogP contribution in [-0.2, 0) is 11.3 Å². The van der Waals surface area contributed by atoms with Gasteiger partial charge >= 0.3 is 5.97 Å². The SMILES string of the molecule is COC(=O)c1ncc(CN)c(I)c1C(F)F. The van der Waals surface area contributed by atoms with Crippen molar-refractivity contribution in [2.75, 3.05) is 7.11 Å². The van der Waals surface area contributed by atoms with E-state index >= 15 is 0 Å². The van der Waals surface area contributed by atoms with Gasteiger partial charge in [-0.05, 0) is 28.2 Å². The number of ether oxygens (including phenoxy) is 1. The second-order valence-electron chi connectivity index (χ2n) is 2.86. The first-order valence-corrected chi connectivity index (χ1v) is 5.34. The summed E-state index contributed by atoms with van der Waals surface area (Å²) in [5.41, 5.74) is 5.07. The van der Waals surface area contributed by atoms with Gasteiger partial charge in [0.05, 0.1) is 12.7 Å². The van der Waals surface area contributed by atoms with Crippen molar-refractivity contribution in [1.29, 1.82) is 0 Å². The van der Waals surface area contributed by atoms with Crippen LogP contribution in [0.2, 0.25) is 0 Å². The van der Waals surface area contributed by atoms with Crippen molar-refractivity contribution < 1.29 is 18.3 Å². The Hall–Kier alpha value is -0.830. The molecule has 0 spiro atoms. The van der Waals surface area contributed by atoms with E-state index in [9.17, 15) is 13.6 Å². The Morgan fingerprint density at radius 1 is 1.69 bits per heavy atom. The molecule has 0 amide bonds. The highest BCUT2D eigenvalue weighted by Gasteiger charge is 2.25. The van der Waals surface area contributed by atoms with Crippen LogP contribution >= 0.6 is 22.6 Å². The fourth-order valence-corrected chi connectivity index (χ4v) is 2.00. The van der Waals surface area contributed by atoms with Gasteiger partial charge in [-0.2, -0.15) is 0 Å². The number of aromatic nitrogens is 1. The molecule has 1 aromatic rings. The van der Waals surface area contributed by atoms with Crippen LogP contribution in [0.25, 0.3) is 0 Å². The fraction of sp³-hybridized carbons (Fsp3) is 0.333. The maximum absolute atomic E-state index is 12.8. The molecular weight excluding hydrogens is 333 g/mol. The molecule has 0 aliphatic carbocycles. The summed E-state index contributed by atoms with van der Waals surface area (Å²) in [5.74, 6) is -0.878. The lowest BCUT2D eigenvalue weighted by molar-refractivity contribution is 0.0581. The molecule has 0 bridgehead atoms. The number of nitrogens with zero attached hydrogens (tertiary/aromatic N) is 1. The molecule has 16 heavy (non-hydrogen) atoms. The standard InChI is InChI=1S/C9H9F2IN2O2/c1-16-9(15)7-5(8(10)11)6(12)4(2-13)3-14-7/h3,8H,2,13H2,1H3. The summed E-state index contributed by atoms with van der Waals surface area (Å²) in [4.78, 5) is 14.9. The van der Waals surface area contributed by atoms with E-state index in [1.165, 1.54) is 6.20 Å². The minimum Gasteiger partial charge on any atom is -0.464 e. The highest BCUT2D eigenvalue weighted by Crippen LogP contribution is 2.29. The van der Waals surface area contributed by atoms with Crippen LogP contribution in [0.3, 0.4) is 0 Å². The molecule has 88 valence electrons. The topological polar surface area (TPSA) is 65.2 Å². The number of esters is 1. The Morgan fingerprint density at radius 3 is 2.75 bits per heavy atom. The van der Waals surface area contributed by atoms with E-state index in [2.05, 4.69) is 9.72 Å². The molecule has 0 saturated heterocycles. The van der Waals surface area contributed by atoms with E-state index < -0.39 is 18.0 Å². The van der Waals surface area contributed by atoms with Crippen molar-refractivity contribution >= 4 is 28.6 Å². The van der Waals surface area contributed by atoms with Crippen LogP contribution in [0.1, 0.15) is 28.0 Å². The molecule has 0 atom stereocenters. The molecule has 0 aliphatic rings. The fourth-order valence-electron chi connectivity index (χ4n) is 1.15. The molecule has 0 radical (unpaired) electrons. The van der Waals surface area contributed by atoms with Crippen LogP contribution in [-0.4, -0.2) is 18.1 Å². The molecule has 1 rings (SSSR count). The van der Waals surface area contributed by atoms with Gasteiger partial charge in [-0.25, -0.2) is 18.6 Å². The van der Waals surface area contributed by atoms with E-state index in [-0.39, 0.29) is 15.8 Å². The Bertz CT molecular complexity index is 413. The van der Waals surface area contributed by atoms with Crippen molar-refractivity contribution in [3.8, 4) is 0 Å². The third kappa shape index (κ3) is 2.46. The van der Waals surface area contributed by atoms with E-state index in [1.54, 1.807) is 22.6 Å². The number of alkyl halides is 2. The molecule has 0 aromatic carbocycles. The van der Waals surface area contributed by atoms with Crippen molar-refractivity contribution in [1.82, 2.24) is 4.98 Å². The van der Waals surface area contributed by atoms with Crippen LogP contribution in [0.4, 0.5) is 8.78 Å². The van der Waals surface area contributed by atoms with Gasteiger partial charge < -0.3 is 10.5 Å². The molecule has 7 heteroatoms. The largest absolute Gasteiger partial charge is 0.464 e. The summed E-state index contributed by atoms with van der Waals surface area (Å²) in [5, 5.41) is 0. The molecule has 2 N–H and O–H groups in total. The Morgan fingerprint density at radius 2 is 2.31 bits per heavy atom. The average molecular weight is 342 g/mol. The molecule has 1 heterocycles. The summed E-state index contributed by atoms with van der Waals surface area (Å²) in [6, 6.07) is 0. The second kappa shape index (κ2) is 5.48. The summed E-state index contributed by atoms with van der Waals surface area (Å²) in [7, 11) is 1.11. The quantitative estimate of drug-likeness (QED) is 0.673. The van der Waals surface area contributed by atoms with E-state index in [1.807, 2.05) is 0 Å². The minimum absolute atomic E-state index is 0.0897. The van der Waals surface area contributed by atoms with Gasteiger partial charge in [-0.3, -0.25) is 0 Å². The summed E-state index contributed by atoms with van der Waals surface area (Å²) in [6.07, 6.45) is -1.49. The first-order valence-electron chi connectivity index (χ1n) is 4.26. The predicted octanol–water partition coefficient (Wildman–Crippen LogP) is 1.87. The Kier molecular flexibility index (Phi) is 4.54. The summed E-state index contributed by atoms with van der Waals surface area (Å²) >= 11 is 1.72. The normalized spacial score (nSPS) is 10.6. The number of carbonyl (C=O) groups excluding carboxylic acids is 1. The number of carbonyl (C=O) groups is 1. The molecule has 1 aromatic heterocycles. The highest BCUT2D eigenvalue weighted by atomic mass is 127. The third-order valence-electron chi connectivity index (χ3n) is 1.94. The number of pyridine rings is 1. The van der Waals surface area contributed by atoms with Crippen LogP contribution in [0.5, 0.6) is 0 Å². The maximum atomic E-state index is 12.8. The molecule has 4 nitrogen and oxygen atoms in total. The van der Waals surface area contributed by atoms with Crippen molar-refractivity contribution in [2.45, 2.75) is 13.0 Å². The van der Waals surface area contributed by atoms with Crippen LogP contribution < -0.4 is 5.73 Å². The Balaban J connectivity index is 3.40. The monoisotopic (exact) mass is 342 g/mol. The minimum atomic E-state index is -2.79. The van der Waals surface area contributed by atoms with E-state index in [4.69, 9.17) is 5.73 Å². The molecule has 0 fully saturated rings. The van der Waals surface area contributed by atoms with Crippen LogP contribution in [0.15, 0.2) is 6.20 Å². The number of hydrogen-bond donors (Lipinski definition) is 1. The molecule has 0 aliphatic heterocycles. The number of hydrogen-bond acceptors (Lipinski definition) is 4. The summed E-state index contributed by atoms with van der Waals surface area (Å²) in [6.45, 7) is 0.0897. The molecule has 0 saturated carbocycles. The predicted molar refractivity (Wildman–Crippen MR) is 61.1 cm³/mol. The molecule has 0 unspecified atom stereocenters. The lowest BCUT2D eigenvalue weighted by atomic mass is 10.1. The summed E-state index contributed by atoms with van der Waals surface area (Å²) < 4.78 is 30.3. The number of halogens is 3. The maximum Gasteiger partial charge on any atom is 0.357 e. The van der Waals surface area contributed by atoms with Crippen molar-refractivity contribution in [3.05, 3.63) is 26.6 Å². The zero-order valence-electron chi connectivity index (χ0n) is 8.34. The number of nitrogens with two attached hydrogens (primary N) is 1.